The lowest BCUT2D eigenvalue weighted by atomic mass is 10.1. The van der Waals surface area contributed by atoms with E-state index in [1.807, 2.05) is 24.3 Å². The second-order valence-electron chi connectivity index (χ2n) is 6.14. The monoisotopic (exact) mass is 324 g/mol. The Morgan fingerprint density at radius 3 is 2.75 bits per heavy atom. The molecule has 1 atom stereocenters. The fourth-order valence-electron chi connectivity index (χ4n) is 3.27. The molecule has 122 valence electrons. The molecule has 1 saturated heterocycles. The van der Waals surface area contributed by atoms with E-state index >= 15 is 0 Å². The molecular formula is C17H16N4O3. The first-order valence-electron chi connectivity index (χ1n) is 8.10. The van der Waals surface area contributed by atoms with Crippen LogP contribution in [0.2, 0.25) is 0 Å². The van der Waals surface area contributed by atoms with Gasteiger partial charge in [-0.3, -0.25) is 0 Å². The van der Waals surface area contributed by atoms with Gasteiger partial charge in [-0.25, -0.2) is 9.78 Å². The average molecular weight is 324 g/mol. The number of imidazole rings is 2. The van der Waals surface area contributed by atoms with Crippen LogP contribution in [0, 0.1) is 0 Å². The molecule has 0 spiro atoms. The second kappa shape index (κ2) is 5.10. The molecule has 0 unspecified atom stereocenters. The minimum atomic E-state index is -0.221. The van der Waals surface area contributed by atoms with Crippen molar-refractivity contribution < 1.29 is 9.15 Å². The van der Waals surface area contributed by atoms with Gasteiger partial charge in [0.15, 0.2) is 11.6 Å². The van der Waals surface area contributed by atoms with Crippen LogP contribution in [0.15, 0.2) is 33.5 Å². The van der Waals surface area contributed by atoms with E-state index in [0.29, 0.717) is 11.6 Å². The van der Waals surface area contributed by atoms with Gasteiger partial charge < -0.3 is 24.1 Å². The van der Waals surface area contributed by atoms with Crippen molar-refractivity contribution in [3.05, 3.63) is 40.5 Å². The molecule has 0 amide bonds. The lowest BCUT2D eigenvalue weighted by Crippen LogP contribution is -2.10. The molecular weight excluding hydrogens is 308 g/mol. The summed E-state index contributed by atoms with van der Waals surface area (Å²) < 4.78 is 11.7. The van der Waals surface area contributed by atoms with Crippen molar-refractivity contribution in [2.24, 2.45) is 0 Å². The van der Waals surface area contributed by atoms with Gasteiger partial charge in [-0.15, -0.1) is 0 Å². The van der Waals surface area contributed by atoms with Gasteiger partial charge in [0.05, 0.1) is 22.1 Å². The maximum Gasteiger partial charge on any atom is 0.323 e. The van der Waals surface area contributed by atoms with Crippen molar-refractivity contribution in [1.29, 1.82) is 0 Å². The van der Waals surface area contributed by atoms with Crippen molar-refractivity contribution in [2.75, 3.05) is 6.61 Å². The van der Waals surface area contributed by atoms with Crippen LogP contribution in [-0.4, -0.2) is 26.5 Å². The molecule has 7 heteroatoms. The molecule has 4 heterocycles. The van der Waals surface area contributed by atoms with E-state index in [1.54, 1.807) is 0 Å². The Balaban J connectivity index is 1.54. The zero-order chi connectivity index (χ0) is 16.1. The molecule has 3 aromatic heterocycles. The van der Waals surface area contributed by atoms with E-state index in [-0.39, 0.29) is 11.8 Å². The number of hydrogen-bond acceptors (Lipinski definition) is 4. The first kappa shape index (κ1) is 13.6. The summed E-state index contributed by atoms with van der Waals surface area (Å²) in [7, 11) is 0. The van der Waals surface area contributed by atoms with Crippen LogP contribution >= 0.6 is 0 Å². The zero-order valence-corrected chi connectivity index (χ0v) is 12.9. The molecule has 3 N–H and O–H groups in total. The standard InChI is InChI=1S/C17H16N4O3/c22-17-20-11-7-9-10(8-12(11)21-17)19-16(18-9)15-5-4-14(24-15)13-3-1-2-6-23-13/h4-5,7-8,13H,1-3,6H2,(H,18,19)(H2,20,21,22)/t13-/m0/s1. The minimum Gasteiger partial charge on any atom is -0.455 e. The van der Waals surface area contributed by atoms with E-state index in [4.69, 9.17) is 9.15 Å². The Bertz CT molecular complexity index is 1020. The van der Waals surface area contributed by atoms with Crippen molar-refractivity contribution in [3.63, 3.8) is 0 Å². The van der Waals surface area contributed by atoms with Gasteiger partial charge in [0.2, 0.25) is 0 Å². The van der Waals surface area contributed by atoms with E-state index in [1.165, 1.54) is 0 Å². The fourth-order valence-corrected chi connectivity index (χ4v) is 3.27. The van der Waals surface area contributed by atoms with Gasteiger partial charge in [0.1, 0.15) is 11.9 Å². The number of fused-ring (bicyclic) bond motifs is 2. The molecule has 1 aromatic carbocycles. The predicted octanol–water partition coefficient (Wildman–Crippen LogP) is 3.23. The number of nitrogens with one attached hydrogen (secondary N) is 3. The highest BCUT2D eigenvalue weighted by Gasteiger charge is 2.20. The minimum absolute atomic E-state index is 0.0418. The number of aromatic nitrogens is 4. The number of aromatic amines is 3. The Labute approximate surface area is 136 Å². The van der Waals surface area contributed by atoms with E-state index in [2.05, 4.69) is 19.9 Å². The summed E-state index contributed by atoms with van der Waals surface area (Å²) in [5.74, 6) is 2.20. The molecule has 1 aliphatic rings. The maximum absolute atomic E-state index is 11.4. The van der Waals surface area contributed by atoms with Crippen LogP contribution in [0.4, 0.5) is 0 Å². The first-order chi connectivity index (χ1) is 11.8. The van der Waals surface area contributed by atoms with Crippen LogP contribution in [0.1, 0.15) is 31.1 Å². The molecule has 4 aromatic rings. The second-order valence-corrected chi connectivity index (χ2v) is 6.14. The molecule has 24 heavy (non-hydrogen) atoms. The van der Waals surface area contributed by atoms with Crippen LogP contribution in [0.5, 0.6) is 0 Å². The molecule has 7 nitrogen and oxygen atoms in total. The molecule has 0 bridgehead atoms. The number of H-pyrrole nitrogens is 3. The predicted molar refractivity (Wildman–Crippen MR) is 88.8 cm³/mol. The van der Waals surface area contributed by atoms with Gasteiger partial charge in [0.25, 0.3) is 0 Å². The lowest BCUT2D eigenvalue weighted by molar-refractivity contribution is 0.00219. The third-order valence-corrected chi connectivity index (χ3v) is 4.47. The fraction of sp³-hybridized carbons (Fsp3) is 0.294. The molecule has 0 radical (unpaired) electrons. The number of hydrogen-bond donors (Lipinski definition) is 3. The molecule has 5 rings (SSSR count). The topological polar surface area (TPSA) is 99.7 Å². The Morgan fingerprint density at radius 1 is 1.04 bits per heavy atom. The van der Waals surface area contributed by atoms with Gasteiger partial charge in [-0.2, -0.15) is 0 Å². The largest absolute Gasteiger partial charge is 0.455 e. The highest BCUT2D eigenvalue weighted by atomic mass is 16.5. The maximum atomic E-state index is 11.4. The van der Waals surface area contributed by atoms with Crippen LogP contribution < -0.4 is 5.69 Å². The first-order valence-corrected chi connectivity index (χ1v) is 8.10. The molecule has 1 aliphatic heterocycles. The summed E-state index contributed by atoms with van der Waals surface area (Å²) in [6.45, 7) is 0.787. The average Bonchev–Trinajstić information content (AvgIpc) is 3.29. The molecule has 0 aliphatic carbocycles. The number of rotatable bonds is 2. The smallest absolute Gasteiger partial charge is 0.323 e. The van der Waals surface area contributed by atoms with Crippen molar-refractivity contribution in [1.82, 2.24) is 19.9 Å². The van der Waals surface area contributed by atoms with Crippen molar-refractivity contribution in [3.8, 4) is 11.6 Å². The summed E-state index contributed by atoms with van der Waals surface area (Å²) in [4.78, 5) is 24.7. The van der Waals surface area contributed by atoms with E-state index in [9.17, 15) is 4.79 Å². The number of nitrogens with zero attached hydrogens (tertiary/aromatic N) is 1. The van der Waals surface area contributed by atoms with E-state index < -0.39 is 0 Å². The van der Waals surface area contributed by atoms with Crippen LogP contribution in [0.3, 0.4) is 0 Å². The summed E-state index contributed by atoms with van der Waals surface area (Å²) >= 11 is 0. The van der Waals surface area contributed by atoms with Gasteiger partial charge in [-0.05, 0) is 43.5 Å². The summed E-state index contributed by atoms with van der Waals surface area (Å²) in [6.07, 6.45) is 3.31. The van der Waals surface area contributed by atoms with Gasteiger partial charge >= 0.3 is 5.69 Å². The lowest BCUT2D eigenvalue weighted by Gasteiger charge is -2.20. The van der Waals surface area contributed by atoms with Gasteiger partial charge in [0, 0.05) is 6.61 Å². The Morgan fingerprint density at radius 2 is 1.92 bits per heavy atom. The zero-order valence-electron chi connectivity index (χ0n) is 12.9. The third-order valence-electron chi connectivity index (χ3n) is 4.47. The van der Waals surface area contributed by atoms with Gasteiger partial charge in [-0.1, -0.05) is 0 Å². The molecule has 1 fully saturated rings. The Kier molecular flexibility index (Phi) is 2.90. The normalized spacial score (nSPS) is 18.6. The highest BCUT2D eigenvalue weighted by Crippen LogP contribution is 2.32. The van der Waals surface area contributed by atoms with Crippen molar-refractivity contribution >= 4 is 22.1 Å². The van der Waals surface area contributed by atoms with Crippen LogP contribution in [-0.2, 0) is 4.74 Å². The molecule has 0 saturated carbocycles. The summed E-state index contributed by atoms with van der Waals surface area (Å²) in [5, 5.41) is 0. The Hall–Kier alpha value is -2.80. The SMILES string of the molecule is O=c1[nH]c2cc3nc(-c4ccc([C@@H]5CCCCO5)o4)[nH]c3cc2[nH]1. The summed E-state index contributed by atoms with van der Waals surface area (Å²) in [5.41, 5.74) is 2.89. The third kappa shape index (κ3) is 2.16. The van der Waals surface area contributed by atoms with E-state index in [0.717, 1.165) is 53.7 Å². The highest BCUT2D eigenvalue weighted by molar-refractivity contribution is 5.92. The van der Waals surface area contributed by atoms with Crippen molar-refractivity contribution in [2.45, 2.75) is 25.4 Å². The number of ether oxygens (including phenoxy) is 1. The number of furan rings is 1. The summed E-state index contributed by atoms with van der Waals surface area (Å²) in [6, 6.07) is 7.59. The van der Waals surface area contributed by atoms with Crippen LogP contribution in [0.25, 0.3) is 33.7 Å². The number of benzene rings is 1. The quantitative estimate of drug-likeness (QED) is 0.527.